The van der Waals surface area contributed by atoms with E-state index in [9.17, 15) is 4.79 Å². The predicted octanol–water partition coefficient (Wildman–Crippen LogP) is 3.38. The van der Waals surface area contributed by atoms with Gasteiger partial charge in [-0.15, -0.1) is 0 Å². The summed E-state index contributed by atoms with van der Waals surface area (Å²) in [6.45, 7) is 2.22. The Kier molecular flexibility index (Phi) is 3.43. The summed E-state index contributed by atoms with van der Waals surface area (Å²) in [5.74, 6) is -0.110. The van der Waals surface area contributed by atoms with Crippen molar-refractivity contribution in [2.75, 3.05) is 11.9 Å². The highest BCUT2D eigenvalue weighted by atomic mass is 79.9. The van der Waals surface area contributed by atoms with Crippen molar-refractivity contribution < 1.29 is 9.90 Å². The van der Waals surface area contributed by atoms with Crippen molar-refractivity contribution in [2.24, 2.45) is 5.92 Å². The van der Waals surface area contributed by atoms with Crippen LogP contribution in [-0.2, 0) is 0 Å². The molecule has 2 rings (SSSR count). The Morgan fingerprint density at radius 2 is 2.18 bits per heavy atom. The first kappa shape index (κ1) is 12.4. The highest BCUT2D eigenvalue weighted by Gasteiger charge is 2.31. The largest absolute Gasteiger partial charge is 0.478 e. The lowest BCUT2D eigenvalue weighted by atomic mass is 10.1. The van der Waals surface area contributed by atoms with Gasteiger partial charge in [-0.1, -0.05) is 0 Å². The van der Waals surface area contributed by atoms with Crippen molar-refractivity contribution in [2.45, 2.75) is 25.8 Å². The number of benzene rings is 1. The lowest BCUT2D eigenvalue weighted by Gasteiger charge is -2.28. The van der Waals surface area contributed by atoms with E-state index in [-0.39, 0.29) is 0 Å². The summed E-state index contributed by atoms with van der Waals surface area (Å²) in [6, 6.07) is 5.68. The van der Waals surface area contributed by atoms with Crippen molar-refractivity contribution in [3.63, 3.8) is 0 Å². The number of rotatable bonds is 4. The molecule has 0 heterocycles. The number of carboxylic acid groups (broad SMARTS) is 1. The minimum atomic E-state index is -0.893. The molecule has 0 spiro atoms. The molecule has 1 atom stereocenters. The highest BCUT2D eigenvalue weighted by molar-refractivity contribution is 9.10. The van der Waals surface area contributed by atoms with E-state index in [4.69, 9.17) is 5.11 Å². The average Bonchev–Trinajstić information content (AvgIpc) is 3.10. The van der Waals surface area contributed by atoms with Crippen LogP contribution >= 0.6 is 15.9 Å². The van der Waals surface area contributed by atoms with Gasteiger partial charge < -0.3 is 10.0 Å². The van der Waals surface area contributed by atoms with Crippen molar-refractivity contribution in [1.82, 2.24) is 0 Å². The summed E-state index contributed by atoms with van der Waals surface area (Å²) in [6.07, 6.45) is 2.60. The van der Waals surface area contributed by atoms with Gasteiger partial charge in [-0.3, -0.25) is 0 Å². The molecule has 0 aliphatic heterocycles. The summed E-state index contributed by atoms with van der Waals surface area (Å²) in [5, 5.41) is 8.91. The molecule has 0 saturated heterocycles. The quantitative estimate of drug-likeness (QED) is 0.926. The number of carbonyl (C=O) groups is 1. The smallest absolute Gasteiger partial charge is 0.335 e. The van der Waals surface area contributed by atoms with E-state index in [0.29, 0.717) is 11.6 Å². The van der Waals surface area contributed by atoms with Gasteiger partial charge in [0.2, 0.25) is 0 Å². The van der Waals surface area contributed by atoms with Gasteiger partial charge in [-0.2, -0.15) is 0 Å². The first-order chi connectivity index (χ1) is 8.00. The molecular weight excluding hydrogens is 282 g/mol. The van der Waals surface area contributed by atoms with Gasteiger partial charge in [0, 0.05) is 17.6 Å². The van der Waals surface area contributed by atoms with E-state index in [0.717, 1.165) is 16.1 Å². The second kappa shape index (κ2) is 4.69. The van der Waals surface area contributed by atoms with Crippen molar-refractivity contribution >= 4 is 27.6 Å². The number of halogens is 1. The third-order valence-electron chi connectivity index (χ3n) is 3.49. The summed E-state index contributed by atoms with van der Waals surface area (Å²) >= 11 is 3.45. The molecule has 4 heteroatoms. The fourth-order valence-electron chi connectivity index (χ4n) is 2.04. The van der Waals surface area contributed by atoms with Crippen LogP contribution in [0.2, 0.25) is 0 Å². The zero-order valence-corrected chi connectivity index (χ0v) is 11.6. The second-order valence-electron chi connectivity index (χ2n) is 4.66. The summed E-state index contributed by atoms with van der Waals surface area (Å²) < 4.78 is 0.840. The normalized spacial score (nSPS) is 16.6. The third-order valence-corrected chi connectivity index (χ3v) is 4.12. The van der Waals surface area contributed by atoms with Crippen molar-refractivity contribution in [3.05, 3.63) is 28.2 Å². The molecule has 3 nitrogen and oxygen atoms in total. The van der Waals surface area contributed by atoms with Crippen molar-refractivity contribution in [1.29, 1.82) is 0 Å². The van der Waals surface area contributed by atoms with Crippen LogP contribution in [0, 0.1) is 5.92 Å². The van der Waals surface area contributed by atoms with Gasteiger partial charge in [-0.05, 0) is 59.8 Å². The second-order valence-corrected chi connectivity index (χ2v) is 5.51. The minimum Gasteiger partial charge on any atom is -0.478 e. The van der Waals surface area contributed by atoms with E-state index in [1.165, 1.54) is 12.8 Å². The molecule has 1 aromatic rings. The fraction of sp³-hybridized carbons (Fsp3) is 0.462. The first-order valence-electron chi connectivity index (χ1n) is 5.76. The van der Waals surface area contributed by atoms with E-state index in [1.807, 2.05) is 6.07 Å². The number of nitrogens with zero attached hydrogens (tertiary/aromatic N) is 1. The molecule has 0 radical (unpaired) electrons. The SMILES string of the molecule is CC(C1CC1)N(C)c1ccc(C(=O)O)cc1Br. The topological polar surface area (TPSA) is 40.5 Å². The Bertz CT molecular complexity index is 443. The predicted molar refractivity (Wildman–Crippen MR) is 71.7 cm³/mol. The van der Waals surface area contributed by atoms with Crippen LogP contribution in [0.5, 0.6) is 0 Å². The third kappa shape index (κ3) is 2.63. The van der Waals surface area contributed by atoms with Crippen LogP contribution < -0.4 is 4.90 Å². The van der Waals surface area contributed by atoms with Gasteiger partial charge in [0.15, 0.2) is 0 Å². The van der Waals surface area contributed by atoms with Crippen molar-refractivity contribution in [3.8, 4) is 0 Å². The van der Waals surface area contributed by atoms with Crippen LogP contribution in [0.15, 0.2) is 22.7 Å². The molecule has 1 N–H and O–H groups in total. The van der Waals surface area contributed by atoms with Gasteiger partial charge in [0.05, 0.1) is 11.3 Å². The Hall–Kier alpha value is -1.03. The van der Waals surface area contributed by atoms with Crippen LogP contribution in [0.1, 0.15) is 30.1 Å². The standard InChI is InChI=1S/C13H16BrNO2/c1-8(9-3-4-9)15(2)12-6-5-10(13(16)17)7-11(12)14/h5-9H,3-4H2,1-2H3,(H,16,17). The number of aromatic carboxylic acids is 1. The van der Waals surface area contributed by atoms with E-state index >= 15 is 0 Å². The zero-order valence-electron chi connectivity index (χ0n) is 9.98. The highest BCUT2D eigenvalue weighted by Crippen LogP contribution is 2.38. The number of anilines is 1. The number of hydrogen-bond donors (Lipinski definition) is 1. The van der Waals surface area contributed by atoms with E-state index in [2.05, 4.69) is 34.8 Å². The summed E-state index contributed by atoms with van der Waals surface area (Å²) in [4.78, 5) is 13.1. The molecule has 1 aliphatic carbocycles. The maximum absolute atomic E-state index is 10.9. The van der Waals surface area contributed by atoms with Gasteiger partial charge in [0.25, 0.3) is 0 Å². The lowest BCUT2D eigenvalue weighted by Crippen LogP contribution is -2.30. The molecule has 17 heavy (non-hydrogen) atoms. The molecule has 0 bridgehead atoms. The van der Waals surface area contributed by atoms with E-state index in [1.54, 1.807) is 12.1 Å². The summed E-state index contributed by atoms with van der Waals surface area (Å²) in [7, 11) is 2.06. The first-order valence-corrected chi connectivity index (χ1v) is 6.55. The molecule has 92 valence electrons. The number of carboxylic acids is 1. The fourth-order valence-corrected chi connectivity index (χ4v) is 2.70. The minimum absolute atomic E-state index is 0.313. The van der Waals surface area contributed by atoms with E-state index < -0.39 is 5.97 Å². The molecule has 1 fully saturated rings. The lowest BCUT2D eigenvalue weighted by molar-refractivity contribution is 0.0697. The molecule has 1 aromatic carbocycles. The summed E-state index contributed by atoms with van der Waals surface area (Å²) in [5.41, 5.74) is 1.36. The Morgan fingerprint density at radius 1 is 1.53 bits per heavy atom. The number of hydrogen-bond acceptors (Lipinski definition) is 2. The molecule has 1 unspecified atom stereocenters. The van der Waals surface area contributed by atoms with Crippen LogP contribution in [0.3, 0.4) is 0 Å². The molecule has 1 aliphatic rings. The molecule has 1 saturated carbocycles. The zero-order chi connectivity index (χ0) is 12.6. The van der Waals surface area contributed by atoms with Gasteiger partial charge >= 0.3 is 5.97 Å². The molecule has 0 amide bonds. The Balaban J connectivity index is 2.23. The molecule has 0 aromatic heterocycles. The van der Waals surface area contributed by atoms with Crippen LogP contribution in [0.25, 0.3) is 0 Å². The Labute approximate surface area is 110 Å². The Morgan fingerprint density at radius 3 is 2.65 bits per heavy atom. The van der Waals surface area contributed by atoms with Crippen LogP contribution in [0.4, 0.5) is 5.69 Å². The van der Waals surface area contributed by atoms with Crippen LogP contribution in [-0.4, -0.2) is 24.2 Å². The monoisotopic (exact) mass is 297 g/mol. The maximum atomic E-state index is 10.9. The van der Waals surface area contributed by atoms with Gasteiger partial charge in [0.1, 0.15) is 0 Å². The average molecular weight is 298 g/mol. The maximum Gasteiger partial charge on any atom is 0.335 e. The molecular formula is C13H16BrNO2. The van der Waals surface area contributed by atoms with Gasteiger partial charge in [-0.25, -0.2) is 4.79 Å².